The van der Waals surface area contributed by atoms with Crippen LogP contribution in [0.15, 0.2) is 21.9 Å². The van der Waals surface area contributed by atoms with Crippen LogP contribution in [0.25, 0.3) is 0 Å². The summed E-state index contributed by atoms with van der Waals surface area (Å²) in [5.74, 6) is -4.34. The second kappa shape index (κ2) is 5.58. The van der Waals surface area contributed by atoms with Gasteiger partial charge in [-0.2, -0.15) is 8.78 Å². The fraction of sp³-hybridized carbons (Fsp3) is 0.250. The number of hydrogen-bond donors (Lipinski definition) is 3. The summed E-state index contributed by atoms with van der Waals surface area (Å²) >= 11 is 15.4. The van der Waals surface area contributed by atoms with Crippen LogP contribution in [-0.4, -0.2) is 20.6 Å². The summed E-state index contributed by atoms with van der Waals surface area (Å²) in [6.45, 7) is 0. The van der Waals surface area contributed by atoms with E-state index in [9.17, 15) is 25.6 Å². The summed E-state index contributed by atoms with van der Waals surface area (Å²) in [6.07, 6.45) is 0. The van der Waals surface area contributed by atoms with Crippen molar-refractivity contribution in [3.63, 3.8) is 0 Å². The third kappa shape index (κ3) is 3.72. The summed E-state index contributed by atoms with van der Waals surface area (Å²) in [5, 5.41) is 9.60. The number of sulfonamides is 2. The zero-order valence-electron chi connectivity index (χ0n) is 10.2. The number of halogens is 5. The van der Waals surface area contributed by atoms with E-state index in [1.807, 2.05) is 0 Å². The minimum Gasteiger partial charge on any atom is -0.398 e. The summed E-state index contributed by atoms with van der Waals surface area (Å²) < 4.78 is 70.5. The number of benzene rings is 1. The van der Waals surface area contributed by atoms with Crippen molar-refractivity contribution < 1.29 is 25.6 Å². The summed E-state index contributed by atoms with van der Waals surface area (Å²) in [6, 6.07) is 0.598. The van der Waals surface area contributed by atoms with Crippen LogP contribution >= 0.6 is 34.8 Å². The predicted octanol–water partition coefficient (Wildman–Crippen LogP) is 1.03. The molecule has 0 atom stereocenters. The first-order chi connectivity index (χ1) is 9.49. The number of hydrogen-bond acceptors (Lipinski definition) is 5. The minimum atomic E-state index is -4.81. The van der Waals surface area contributed by atoms with Gasteiger partial charge in [0.05, 0.1) is 10.6 Å². The van der Waals surface area contributed by atoms with Gasteiger partial charge >= 0.3 is 5.92 Å². The average Bonchev–Trinajstić information content (AvgIpc) is 2.23. The van der Waals surface area contributed by atoms with E-state index in [0.29, 0.717) is 6.07 Å². The highest BCUT2D eigenvalue weighted by Gasteiger charge is 2.54. The molecule has 0 fully saturated rings. The maximum absolute atomic E-state index is 14.1. The van der Waals surface area contributed by atoms with Gasteiger partial charge in [-0.1, -0.05) is 34.8 Å². The number of nitrogen functional groups attached to an aromatic ring is 1. The lowest BCUT2D eigenvalue weighted by atomic mass is 10.1. The topological polar surface area (TPSA) is 146 Å². The van der Waals surface area contributed by atoms with Gasteiger partial charge in [0.15, 0.2) is 0 Å². The number of alkyl halides is 5. The Bertz CT molecular complexity index is 822. The lowest BCUT2D eigenvalue weighted by Crippen LogP contribution is -2.33. The van der Waals surface area contributed by atoms with Crippen LogP contribution in [0.4, 0.5) is 14.5 Å². The van der Waals surface area contributed by atoms with Crippen LogP contribution < -0.4 is 16.0 Å². The molecule has 0 radical (unpaired) electrons. The first kappa shape index (κ1) is 19.6. The van der Waals surface area contributed by atoms with Gasteiger partial charge in [-0.15, -0.1) is 0 Å². The van der Waals surface area contributed by atoms with Gasteiger partial charge in [-0.25, -0.2) is 27.1 Å². The molecule has 1 aromatic rings. The van der Waals surface area contributed by atoms with Gasteiger partial charge in [-0.3, -0.25) is 0 Å². The molecule has 1 aromatic carbocycles. The van der Waals surface area contributed by atoms with Crippen molar-refractivity contribution in [2.75, 3.05) is 5.73 Å². The van der Waals surface area contributed by atoms with Crippen molar-refractivity contribution in [2.45, 2.75) is 19.5 Å². The monoisotopic (exact) mass is 417 g/mol. The van der Waals surface area contributed by atoms with E-state index in [2.05, 4.69) is 0 Å². The number of primary sulfonamides is 2. The van der Waals surface area contributed by atoms with Gasteiger partial charge in [-0.05, 0) is 12.1 Å². The zero-order chi connectivity index (χ0) is 17.7. The van der Waals surface area contributed by atoms with E-state index in [1.54, 1.807) is 0 Å². The normalized spacial score (nSPS) is 14.1. The Balaban J connectivity index is 3.94. The summed E-state index contributed by atoms with van der Waals surface area (Å²) in [4.78, 5) is -2.21. The van der Waals surface area contributed by atoms with E-state index in [1.165, 1.54) is 0 Å². The molecule has 0 amide bonds. The predicted molar refractivity (Wildman–Crippen MR) is 77.8 cm³/mol. The molecule has 0 aromatic heterocycles. The summed E-state index contributed by atoms with van der Waals surface area (Å²) in [7, 11) is -9.31. The van der Waals surface area contributed by atoms with Gasteiger partial charge in [0.2, 0.25) is 20.0 Å². The Labute approximate surface area is 139 Å². The lowest BCUT2D eigenvalue weighted by Gasteiger charge is -2.26. The van der Waals surface area contributed by atoms with Crippen LogP contribution in [0.2, 0.25) is 0 Å². The van der Waals surface area contributed by atoms with Crippen molar-refractivity contribution in [2.24, 2.45) is 10.3 Å². The van der Waals surface area contributed by atoms with E-state index < -0.39 is 50.8 Å². The van der Waals surface area contributed by atoms with Crippen molar-refractivity contribution in [1.29, 1.82) is 0 Å². The molecule has 0 heterocycles. The number of nitrogens with two attached hydrogens (primary N) is 3. The molecule has 126 valence electrons. The molecule has 22 heavy (non-hydrogen) atoms. The van der Waals surface area contributed by atoms with E-state index in [4.69, 9.17) is 50.8 Å². The maximum Gasteiger partial charge on any atom is 0.320 e. The Morgan fingerprint density at radius 3 is 1.64 bits per heavy atom. The molecule has 0 aliphatic carbocycles. The van der Waals surface area contributed by atoms with Gasteiger partial charge in [0.1, 0.15) is 4.90 Å². The highest BCUT2D eigenvalue weighted by molar-refractivity contribution is 7.90. The third-order valence-corrected chi connectivity index (χ3v) is 5.05. The van der Waals surface area contributed by atoms with Crippen molar-refractivity contribution in [3.05, 3.63) is 17.7 Å². The van der Waals surface area contributed by atoms with Crippen LogP contribution in [-0.2, 0) is 26.0 Å². The lowest BCUT2D eigenvalue weighted by molar-refractivity contribution is -0.00305. The first-order valence-electron chi connectivity index (χ1n) is 4.93. The molecule has 7 nitrogen and oxygen atoms in total. The molecule has 14 heteroatoms. The molecule has 0 aliphatic rings. The van der Waals surface area contributed by atoms with Crippen LogP contribution in [0.1, 0.15) is 5.56 Å². The zero-order valence-corrected chi connectivity index (χ0v) is 14.1. The quantitative estimate of drug-likeness (QED) is 0.495. The molecule has 6 N–H and O–H groups in total. The molecular formula is C8H8Cl3F2N3O4S2. The van der Waals surface area contributed by atoms with Crippen LogP contribution in [0.3, 0.4) is 0 Å². The van der Waals surface area contributed by atoms with Crippen LogP contribution in [0, 0.1) is 0 Å². The van der Waals surface area contributed by atoms with E-state index in [0.717, 1.165) is 0 Å². The highest BCUT2D eigenvalue weighted by Crippen LogP contribution is 2.51. The average molecular weight is 419 g/mol. The highest BCUT2D eigenvalue weighted by atomic mass is 35.6. The molecule has 0 aliphatic heterocycles. The van der Waals surface area contributed by atoms with Crippen molar-refractivity contribution >= 4 is 60.5 Å². The number of anilines is 1. The van der Waals surface area contributed by atoms with Crippen LogP contribution in [0.5, 0.6) is 0 Å². The van der Waals surface area contributed by atoms with Crippen molar-refractivity contribution in [3.8, 4) is 0 Å². The molecular weight excluding hydrogens is 411 g/mol. The Morgan fingerprint density at radius 2 is 1.32 bits per heavy atom. The second-order valence-corrected chi connectivity index (χ2v) is 9.39. The second-order valence-electron chi connectivity index (χ2n) is 4.05. The molecule has 0 saturated carbocycles. The van der Waals surface area contributed by atoms with Gasteiger partial charge < -0.3 is 5.73 Å². The molecule has 1 rings (SSSR count). The van der Waals surface area contributed by atoms with Crippen molar-refractivity contribution in [1.82, 2.24) is 0 Å². The molecule has 0 unspecified atom stereocenters. The Hall–Kier alpha value is -0.430. The maximum atomic E-state index is 14.1. The summed E-state index contributed by atoms with van der Waals surface area (Å²) in [5.41, 5.74) is 3.16. The third-order valence-electron chi connectivity index (χ3n) is 2.42. The Kier molecular flexibility index (Phi) is 4.98. The molecule has 0 spiro atoms. The largest absolute Gasteiger partial charge is 0.398 e. The van der Waals surface area contributed by atoms with Gasteiger partial charge in [0, 0.05) is 5.56 Å². The van der Waals surface area contributed by atoms with E-state index in [-0.39, 0.29) is 6.07 Å². The van der Waals surface area contributed by atoms with E-state index >= 15 is 0 Å². The SMILES string of the molecule is Nc1cc(C(F)(F)C(Cl)(Cl)Cl)c(S(N)(=O)=O)cc1S(N)(=O)=O. The number of rotatable bonds is 3. The molecule has 0 saturated heterocycles. The first-order valence-corrected chi connectivity index (χ1v) is 9.16. The Morgan fingerprint density at radius 1 is 0.909 bits per heavy atom. The standard InChI is InChI=1S/C8H8Cl3F2N3O4S2/c9-8(10,11)7(12,13)3-1-4(14)6(22(16,19)20)2-5(3)21(15,17)18/h1-2H,14H2,(H2,15,17,18)(H2,16,19,20). The fourth-order valence-electron chi connectivity index (χ4n) is 1.46. The minimum absolute atomic E-state index is 0.277. The fourth-order valence-corrected chi connectivity index (χ4v) is 3.28. The smallest absolute Gasteiger partial charge is 0.320 e. The molecule has 0 bridgehead atoms. The van der Waals surface area contributed by atoms with Gasteiger partial charge in [0.25, 0.3) is 3.79 Å².